The largest absolute Gasteiger partial charge is 0.404 e. The Labute approximate surface area is 82.3 Å². The molecule has 0 aromatic heterocycles. The summed E-state index contributed by atoms with van der Waals surface area (Å²) in [5.74, 6) is -1.86. The molecular weight excluding hydrogens is 184 g/mol. The first-order valence-corrected chi connectivity index (χ1v) is 4.22. The molecule has 0 aliphatic carbocycles. The Balaban J connectivity index is 3.97. The Morgan fingerprint density at radius 2 is 1.93 bits per heavy atom. The Kier molecular flexibility index (Phi) is 5.21. The van der Waals surface area contributed by atoms with Gasteiger partial charge in [0.05, 0.1) is 6.54 Å². The molecule has 0 bridgehead atoms. The van der Waals surface area contributed by atoms with Crippen LogP contribution in [-0.2, 0) is 14.4 Å². The van der Waals surface area contributed by atoms with Gasteiger partial charge in [-0.25, -0.2) is 0 Å². The number of ketones is 2. The summed E-state index contributed by atoms with van der Waals surface area (Å²) in [5, 5.41) is 2.20. The van der Waals surface area contributed by atoms with E-state index in [4.69, 9.17) is 5.73 Å². The van der Waals surface area contributed by atoms with E-state index < -0.39 is 11.7 Å². The third kappa shape index (κ3) is 4.39. The van der Waals surface area contributed by atoms with Gasteiger partial charge in [0.2, 0.25) is 5.78 Å². The van der Waals surface area contributed by atoms with Crippen molar-refractivity contribution < 1.29 is 14.4 Å². The molecule has 0 aromatic carbocycles. The van der Waals surface area contributed by atoms with Crippen molar-refractivity contribution in [3.8, 4) is 0 Å². The van der Waals surface area contributed by atoms with Crippen LogP contribution in [0.1, 0.15) is 13.8 Å². The van der Waals surface area contributed by atoms with Crippen LogP contribution in [0.15, 0.2) is 12.3 Å². The molecule has 3 N–H and O–H groups in total. The van der Waals surface area contributed by atoms with E-state index in [-0.39, 0.29) is 18.2 Å². The van der Waals surface area contributed by atoms with Gasteiger partial charge in [-0.15, -0.1) is 0 Å². The van der Waals surface area contributed by atoms with Crippen molar-refractivity contribution in [2.75, 3.05) is 6.54 Å². The Hall–Kier alpha value is -1.65. The minimum absolute atomic E-state index is 0.122. The van der Waals surface area contributed by atoms with E-state index in [1.54, 1.807) is 13.8 Å². The summed E-state index contributed by atoms with van der Waals surface area (Å²) in [6.07, 6.45) is 1.92. The van der Waals surface area contributed by atoms with E-state index in [1.165, 1.54) is 0 Å². The molecule has 5 nitrogen and oxygen atoms in total. The van der Waals surface area contributed by atoms with E-state index in [1.807, 2.05) is 0 Å². The average molecular weight is 198 g/mol. The van der Waals surface area contributed by atoms with Crippen molar-refractivity contribution in [1.29, 1.82) is 0 Å². The number of carbonyl (C=O) groups is 3. The first-order chi connectivity index (χ1) is 6.49. The van der Waals surface area contributed by atoms with Crippen molar-refractivity contribution in [2.24, 2.45) is 11.7 Å². The van der Waals surface area contributed by atoms with E-state index in [0.717, 1.165) is 12.3 Å². The lowest BCUT2D eigenvalue weighted by Gasteiger charge is -2.04. The van der Waals surface area contributed by atoms with E-state index in [9.17, 15) is 14.4 Å². The van der Waals surface area contributed by atoms with Crippen LogP contribution in [0.5, 0.6) is 0 Å². The molecule has 0 rings (SSSR count). The maximum Gasteiger partial charge on any atom is 0.292 e. The summed E-state index contributed by atoms with van der Waals surface area (Å²) >= 11 is 0. The average Bonchev–Trinajstić information content (AvgIpc) is 2.13. The van der Waals surface area contributed by atoms with Crippen molar-refractivity contribution in [2.45, 2.75) is 13.8 Å². The van der Waals surface area contributed by atoms with Gasteiger partial charge in [-0.3, -0.25) is 14.4 Å². The first-order valence-electron chi connectivity index (χ1n) is 4.22. The van der Waals surface area contributed by atoms with Gasteiger partial charge in [0.15, 0.2) is 5.78 Å². The van der Waals surface area contributed by atoms with Crippen molar-refractivity contribution in [3.63, 3.8) is 0 Å². The zero-order valence-electron chi connectivity index (χ0n) is 8.24. The number of nitrogens with one attached hydrogen (secondary N) is 1. The predicted molar refractivity (Wildman–Crippen MR) is 51.2 cm³/mol. The second-order valence-electron chi connectivity index (χ2n) is 3.03. The van der Waals surface area contributed by atoms with Gasteiger partial charge >= 0.3 is 0 Å². The maximum atomic E-state index is 11.1. The van der Waals surface area contributed by atoms with E-state index in [2.05, 4.69) is 5.32 Å². The number of rotatable bonds is 5. The highest BCUT2D eigenvalue weighted by atomic mass is 16.2. The molecule has 0 spiro atoms. The summed E-state index contributed by atoms with van der Waals surface area (Å²) in [6, 6.07) is 0. The molecule has 0 aliphatic rings. The maximum absolute atomic E-state index is 11.1. The number of carbonyl (C=O) groups excluding carboxylic acids is 3. The van der Waals surface area contributed by atoms with Crippen LogP contribution in [0, 0.1) is 5.92 Å². The number of amides is 1. The number of hydrogen-bond acceptors (Lipinski definition) is 4. The Morgan fingerprint density at radius 1 is 1.36 bits per heavy atom. The van der Waals surface area contributed by atoms with Crippen LogP contribution in [0.4, 0.5) is 0 Å². The van der Waals surface area contributed by atoms with Gasteiger partial charge in [0, 0.05) is 12.0 Å². The fourth-order valence-corrected chi connectivity index (χ4v) is 0.622. The van der Waals surface area contributed by atoms with Crippen LogP contribution in [-0.4, -0.2) is 24.0 Å². The Morgan fingerprint density at radius 3 is 2.36 bits per heavy atom. The van der Waals surface area contributed by atoms with E-state index >= 15 is 0 Å². The molecule has 0 unspecified atom stereocenters. The first kappa shape index (κ1) is 12.3. The number of Topliss-reactive ketones (excluding diaryl/α,β-unsaturated/α-hetero) is 1. The topological polar surface area (TPSA) is 89.3 Å². The summed E-state index contributed by atoms with van der Waals surface area (Å²) in [5.41, 5.74) is 4.92. The van der Waals surface area contributed by atoms with Crippen LogP contribution in [0.2, 0.25) is 0 Å². The van der Waals surface area contributed by atoms with Crippen LogP contribution < -0.4 is 11.1 Å². The zero-order valence-corrected chi connectivity index (χ0v) is 8.24. The highest BCUT2D eigenvalue weighted by molar-refractivity contribution is 6.40. The SMILES string of the molecule is CC(C)C(=O)CNC(=O)C(=O)/C=C\N. The fourth-order valence-electron chi connectivity index (χ4n) is 0.622. The molecule has 0 saturated carbocycles. The summed E-state index contributed by atoms with van der Waals surface area (Å²) in [7, 11) is 0. The van der Waals surface area contributed by atoms with Crippen LogP contribution in [0.3, 0.4) is 0 Å². The smallest absolute Gasteiger partial charge is 0.292 e. The predicted octanol–water partition coefficient (Wildman–Crippen LogP) is -0.631. The molecule has 1 amide bonds. The highest BCUT2D eigenvalue weighted by Gasteiger charge is 2.12. The van der Waals surface area contributed by atoms with Crippen molar-refractivity contribution in [3.05, 3.63) is 12.3 Å². The fraction of sp³-hybridized carbons (Fsp3) is 0.444. The normalized spacial score (nSPS) is 10.5. The second-order valence-corrected chi connectivity index (χ2v) is 3.03. The molecule has 14 heavy (non-hydrogen) atoms. The summed E-state index contributed by atoms with van der Waals surface area (Å²) in [6.45, 7) is 3.31. The molecule has 0 radical (unpaired) electrons. The molecule has 0 heterocycles. The van der Waals surface area contributed by atoms with Crippen molar-refractivity contribution in [1.82, 2.24) is 5.32 Å². The molecule has 0 fully saturated rings. The minimum atomic E-state index is -0.819. The molecule has 0 saturated heterocycles. The molecule has 5 heteroatoms. The van der Waals surface area contributed by atoms with Crippen LogP contribution in [0.25, 0.3) is 0 Å². The Bertz CT molecular complexity index is 269. The lowest BCUT2D eigenvalue weighted by Crippen LogP contribution is -2.35. The molecule has 78 valence electrons. The minimum Gasteiger partial charge on any atom is -0.404 e. The highest BCUT2D eigenvalue weighted by Crippen LogP contribution is 1.91. The lowest BCUT2D eigenvalue weighted by molar-refractivity contribution is -0.136. The third-order valence-corrected chi connectivity index (χ3v) is 1.54. The second kappa shape index (κ2) is 5.90. The van der Waals surface area contributed by atoms with Crippen molar-refractivity contribution >= 4 is 17.5 Å². The summed E-state index contributed by atoms with van der Waals surface area (Å²) in [4.78, 5) is 32.8. The van der Waals surface area contributed by atoms with E-state index in [0.29, 0.717) is 0 Å². The summed E-state index contributed by atoms with van der Waals surface area (Å²) < 4.78 is 0. The number of nitrogens with two attached hydrogens (primary N) is 1. The zero-order chi connectivity index (χ0) is 11.1. The van der Waals surface area contributed by atoms with Gasteiger partial charge in [0.1, 0.15) is 0 Å². The van der Waals surface area contributed by atoms with Crippen LogP contribution >= 0.6 is 0 Å². The van der Waals surface area contributed by atoms with Gasteiger partial charge in [-0.2, -0.15) is 0 Å². The van der Waals surface area contributed by atoms with Gasteiger partial charge in [-0.05, 0) is 6.20 Å². The molecule has 0 atom stereocenters. The van der Waals surface area contributed by atoms with Gasteiger partial charge in [-0.1, -0.05) is 13.8 Å². The number of hydrogen-bond donors (Lipinski definition) is 2. The standard InChI is InChI=1S/C9H14N2O3/c1-6(2)8(13)5-11-9(14)7(12)3-4-10/h3-4,6H,5,10H2,1-2H3,(H,11,14)/b4-3-. The third-order valence-electron chi connectivity index (χ3n) is 1.54. The molecule has 0 aromatic rings. The van der Waals surface area contributed by atoms with Gasteiger partial charge < -0.3 is 11.1 Å². The quantitative estimate of drug-likeness (QED) is 0.454. The molecule has 0 aliphatic heterocycles. The molecular formula is C9H14N2O3. The monoisotopic (exact) mass is 198 g/mol. The lowest BCUT2D eigenvalue weighted by atomic mass is 10.1. The van der Waals surface area contributed by atoms with Gasteiger partial charge in [0.25, 0.3) is 5.91 Å².